The third kappa shape index (κ3) is 6.66. The summed E-state index contributed by atoms with van der Waals surface area (Å²) >= 11 is 3.47. The molecule has 1 saturated heterocycles. The summed E-state index contributed by atoms with van der Waals surface area (Å²) in [4.78, 5) is 2.94. The lowest BCUT2D eigenvalue weighted by Gasteiger charge is -2.41. The Kier molecular flexibility index (Phi) is 8.52. The summed E-state index contributed by atoms with van der Waals surface area (Å²) in [5.74, 6) is -0.795. The summed E-state index contributed by atoms with van der Waals surface area (Å²) in [5.41, 5.74) is 0.849. The Morgan fingerprint density at radius 1 is 0.897 bits per heavy atom. The van der Waals surface area contributed by atoms with Gasteiger partial charge in [0.05, 0.1) is 24.1 Å². The minimum atomic E-state index is -5.62. The molecule has 1 heterocycles. The third-order valence-electron chi connectivity index (χ3n) is 6.33. The summed E-state index contributed by atoms with van der Waals surface area (Å²) in [5, 5.41) is -4.45. The molecular formula is C28H30BrF2O6S2+. The Balaban J connectivity index is 1.62. The van der Waals surface area contributed by atoms with Crippen molar-refractivity contribution in [2.75, 3.05) is 13.2 Å². The molecule has 3 aromatic carbocycles. The molecule has 2 unspecified atom stereocenters. The second-order valence-electron chi connectivity index (χ2n) is 10.2. The van der Waals surface area contributed by atoms with Crippen molar-refractivity contribution >= 4 is 36.9 Å². The maximum Gasteiger partial charge on any atom is 0.405 e. The van der Waals surface area contributed by atoms with Crippen molar-refractivity contribution in [2.45, 2.75) is 59.5 Å². The lowest BCUT2D eigenvalue weighted by atomic mass is 9.94. The maximum absolute atomic E-state index is 13.9. The van der Waals surface area contributed by atoms with Crippen LogP contribution in [0.3, 0.4) is 0 Å². The van der Waals surface area contributed by atoms with E-state index in [4.69, 9.17) is 18.8 Å². The van der Waals surface area contributed by atoms with Crippen molar-refractivity contribution in [3.05, 3.63) is 82.8 Å². The molecule has 210 valence electrons. The van der Waals surface area contributed by atoms with Crippen LogP contribution in [0.15, 0.2) is 92.0 Å². The predicted octanol–water partition coefficient (Wildman–Crippen LogP) is 7.04. The van der Waals surface area contributed by atoms with E-state index in [1.807, 2.05) is 55.5 Å². The summed E-state index contributed by atoms with van der Waals surface area (Å²) < 4.78 is 77.1. The van der Waals surface area contributed by atoms with Crippen LogP contribution in [-0.2, 0) is 36.3 Å². The van der Waals surface area contributed by atoms with E-state index in [-0.39, 0.29) is 11.2 Å². The smallest absolute Gasteiger partial charge is 0.405 e. The predicted molar refractivity (Wildman–Crippen MR) is 149 cm³/mol. The summed E-state index contributed by atoms with van der Waals surface area (Å²) in [6, 6.07) is 22.5. The fraction of sp³-hybridized carbons (Fsp3) is 0.357. The van der Waals surface area contributed by atoms with Gasteiger partial charge in [-0.05, 0) is 86.6 Å². The normalized spacial score (nSPS) is 18.8. The highest BCUT2D eigenvalue weighted by Gasteiger charge is 2.51. The molecule has 1 fully saturated rings. The fourth-order valence-corrected chi connectivity index (χ4v) is 6.70. The number of rotatable bonds is 8. The maximum atomic E-state index is 13.9. The van der Waals surface area contributed by atoms with Crippen molar-refractivity contribution < 1.29 is 36.0 Å². The zero-order valence-electron chi connectivity index (χ0n) is 21.9. The number of ether oxygens (including phenoxy) is 3. The van der Waals surface area contributed by atoms with Crippen LogP contribution in [0.5, 0.6) is 5.75 Å². The van der Waals surface area contributed by atoms with E-state index in [0.717, 1.165) is 31.6 Å². The van der Waals surface area contributed by atoms with Crippen molar-refractivity contribution in [2.24, 2.45) is 5.41 Å². The van der Waals surface area contributed by atoms with Crippen LogP contribution in [0.25, 0.3) is 0 Å². The average Bonchev–Trinajstić information content (AvgIpc) is 2.88. The van der Waals surface area contributed by atoms with Gasteiger partial charge < -0.3 is 14.2 Å². The largest absolute Gasteiger partial charge is 0.483 e. The molecule has 0 spiro atoms. The SMILES string of the molecule is CC(Oc1ccc([S+](c2ccc(Br)cc2)c2ccc(C3(C)OCC(C)(C)CO3)cc2)cc1)C(F)(F)S(=O)(=O)O. The first kappa shape index (κ1) is 30.0. The fourth-order valence-electron chi connectivity index (χ4n) is 3.93. The average molecular weight is 645 g/mol. The van der Waals surface area contributed by atoms with Crippen LogP contribution in [0.2, 0.25) is 0 Å². The van der Waals surface area contributed by atoms with Crippen LogP contribution in [0.4, 0.5) is 8.78 Å². The molecule has 3 aromatic rings. The number of alkyl halides is 2. The molecule has 0 saturated carbocycles. The van der Waals surface area contributed by atoms with E-state index < -0.39 is 38.2 Å². The monoisotopic (exact) mass is 643 g/mol. The van der Waals surface area contributed by atoms with Gasteiger partial charge in [-0.1, -0.05) is 29.8 Å². The lowest BCUT2D eigenvalue weighted by molar-refractivity contribution is -0.298. The van der Waals surface area contributed by atoms with Gasteiger partial charge in [0, 0.05) is 15.5 Å². The molecule has 4 rings (SSSR count). The van der Waals surface area contributed by atoms with E-state index >= 15 is 0 Å². The van der Waals surface area contributed by atoms with Crippen molar-refractivity contribution in [1.29, 1.82) is 0 Å². The Labute approximate surface area is 238 Å². The highest BCUT2D eigenvalue weighted by atomic mass is 79.9. The molecule has 39 heavy (non-hydrogen) atoms. The highest BCUT2D eigenvalue weighted by Crippen LogP contribution is 2.38. The Hall–Kier alpha value is -2.02. The molecule has 0 aromatic heterocycles. The van der Waals surface area contributed by atoms with Crippen LogP contribution in [0.1, 0.15) is 33.3 Å². The van der Waals surface area contributed by atoms with Gasteiger partial charge >= 0.3 is 15.4 Å². The molecular weight excluding hydrogens is 614 g/mol. The molecule has 2 atom stereocenters. The summed E-state index contributed by atoms with van der Waals surface area (Å²) in [7, 11) is -6.18. The Morgan fingerprint density at radius 2 is 1.33 bits per heavy atom. The molecule has 0 amide bonds. The van der Waals surface area contributed by atoms with Gasteiger partial charge in [0.1, 0.15) is 5.75 Å². The minimum absolute atomic E-state index is 0.0479. The summed E-state index contributed by atoms with van der Waals surface area (Å²) in [6.45, 7) is 8.15. The van der Waals surface area contributed by atoms with Gasteiger partial charge in [0.2, 0.25) is 0 Å². The second kappa shape index (κ2) is 11.1. The molecule has 0 radical (unpaired) electrons. The molecule has 1 aliphatic rings. The van der Waals surface area contributed by atoms with Crippen LogP contribution < -0.4 is 4.74 Å². The van der Waals surface area contributed by atoms with E-state index in [0.29, 0.717) is 13.2 Å². The van der Waals surface area contributed by atoms with Crippen molar-refractivity contribution in [3.8, 4) is 5.75 Å². The van der Waals surface area contributed by atoms with Crippen LogP contribution in [0, 0.1) is 5.41 Å². The first-order valence-corrected chi connectivity index (χ1v) is 15.6. The minimum Gasteiger partial charge on any atom is -0.483 e. The van der Waals surface area contributed by atoms with Crippen molar-refractivity contribution in [1.82, 2.24) is 0 Å². The first-order chi connectivity index (χ1) is 18.1. The number of halogens is 3. The highest BCUT2D eigenvalue weighted by molar-refractivity contribution is 9.10. The number of hydrogen-bond acceptors (Lipinski definition) is 5. The van der Waals surface area contributed by atoms with Crippen molar-refractivity contribution in [3.63, 3.8) is 0 Å². The number of benzene rings is 3. The van der Waals surface area contributed by atoms with E-state index in [1.54, 1.807) is 12.1 Å². The lowest BCUT2D eigenvalue weighted by Crippen LogP contribution is -2.43. The quantitative estimate of drug-likeness (QED) is 0.209. The van der Waals surface area contributed by atoms with Crippen LogP contribution >= 0.6 is 15.9 Å². The van der Waals surface area contributed by atoms with Gasteiger partial charge in [-0.2, -0.15) is 17.2 Å². The molecule has 1 aliphatic heterocycles. The van der Waals surface area contributed by atoms with Gasteiger partial charge in [0.25, 0.3) is 0 Å². The summed E-state index contributed by atoms with van der Waals surface area (Å²) in [6.07, 6.45) is -2.09. The van der Waals surface area contributed by atoms with Crippen LogP contribution in [-0.4, -0.2) is 37.5 Å². The molecule has 6 nitrogen and oxygen atoms in total. The molecule has 1 N–H and O–H groups in total. The molecule has 0 bridgehead atoms. The standard InChI is InChI=1S/C28H29BrF2O6S2/c1-19(28(30,31)39(32,33)34)37-22-9-15-25(16-10-22)38(24-13-7-21(29)8-14-24)23-11-5-20(6-12-23)27(4)35-17-26(2,3)18-36-27/h5-16,19H,17-18H2,1-4H3/p+1. The second-order valence-corrected chi connectivity index (χ2v) is 14.7. The topological polar surface area (TPSA) is 82.1 Å². The van der Waals surface area contributed by atoms with E-state index in [9.17, 15) is 17.2 Å². The number of hydrogen-bond donors (Lipinski definition) is 1. The van der Waals surface area contributed by atoms with E-state index in [2.05, 4.69) is 29.8 Å². The van der Waals surface area contributed by atoms with Gasteiger partial charge in [-0.25, -0.2) is 0 Å². The Morgan fingerprint density at radius 3 is 1.79 bits per heavy atom. The Bertz CT molecular complexity index is 1390. The zero-order valence-corrected chi connectivity index (χ0v) is 25.1. The molecule has 11 heteroatoms. The van der Waals surface area contributed by atoms with E-state index in [1.165, 1.54) is 12.1 Å². The van der Waals surface area contributed by atoms with Gasteiger partial charge in [0.15, 0.2) is 26.6 Å². The first-order valence-electron chi connectivity index (χ1n) is 12.1. The van der Waals surface area contributed by atoms with Gasteiger partial charge in [-0.3, -0.25) is 4.55 Å². The molecule has 0 aliphatic carbocycles. The third-order valence-corrected chi connectivity index (χ3v) is 10.1. The van der Waals surface area contributed by atoms with Gasteiger partial charge in [-0.15, -0.1) is 0 Å². The zero-order chi connectivity index (χ0) is 28.6.